The summed E-state index contributed by atoms with van der Waals surface area (Å²) < 4.78 is 6.76. The van der Waals surface area contributed by atoms with E-state index in [2.05, 4.69) is 50.4 Å². The highest BCUT2D eigenvalue weighted by atomic mass is 79.9. The number of hydrogen-bond donors (Lipinski definition) is 1. The number of non-ortho nitro benzene ring substituents is 1. The molecule has 1 saturated heterocycles. The first-order chi connectivity index (χ1) is 25.7. The molecule has 8 rings (SSSR count). The van der Waals surface area contributed by atoms with E-state index in [0.29, 0.717) is 27.0 Å². The summed E-state index contributed by atoms with van der Waals surface area (Å²) in [5.41, 5.74) is 6.83. The third-order valence-electron chi connectivity index (χ3n) is 10.2. The lowest BCUT2D eigenvalue weighted by Gasteiger charge is -2.44. The molecule has 53 heavy (non-hydrogen) atoms. The van der Waals surface area contributed by atoms with E-state index in [1.165, 1.54) is 18.2 Å². The average Bonchev–Trinajstić information content (AvgIpc) is 3.17. The highest BCUT2D eigenvalue weighted by molar-refractivity contribution is 9.10. The Bertz CT molecular complexity index is 2220. The van der Waals surface area contributed by atoms with Crippen LogP contribution in [0.1, 0.15) is 58.1 Å². The Morgan fingerprint density at radius 1 is 0.811 bits per heavy atom. The second kappa shape index (κ2) is 14.2. The van der Waals surface area contributed by atoms with Gasteiger partial charge in [-0.3, -0.25) is 25.0 Å². The summed E-state index contributed by atoms with van der Waals surface area (Å²) in [4.78, 5) is 55.6. The maximum absolute atomic E-state index is 14.4. The number of benzene rings is 5. The second-order valence-corrected chi connectivity index (χ2v) is 14.2. The zero-order chi connectivity index (χ0) is 36.6. The molecule has 0 aromatic heterocycles. The number of nitrogens with zero attached hydrogens (tertiary/aromatic N) is 3. The van der Waals surface area contributed by atoms with Crippen molar-refractivity contribution in [1.29, 1.82) is 0 Å². The van der Waals surface area contributed by atoms with Gasteiger partial charge in [0.15, 0.2) is 0 Å². The number of halogens is 1. The van der Waals surface area contributed by atoms with Crippen LogP contribution < -0.4 is 19.9 Å². The van der Waals surface area contributed by atoms with Gasteiger partial charge in [-0.2, -0.15) is 0 Å². The lowest BCUT2D eigenvalue weighted by molar-refractivity contribution is -0.384. The number of nitro groups is 1. The molecule has 264 valence electrons. The van der Waals surface area contributed by atoms with Crippen LogP contribution >= 0.6 is 15.9 Å². The van der Waals surface area contributed by atoms with Gasteiger partial charge in [-0.25, -0.2) is 9.69 Å². The fourth-order valence-corrected chi connectivity index (χ4v) is 8.03. The molecule has 0 saturated carbocycles. The third-order valence-corrected chi connectivity index (χ3v) is 10.7. The number of anilines is 2. The first kappa shape index (κ1) is 34.0. The van der Waals surface area contributed by atoms with Crippen molar-refractivity contribution in [2.24, 2.45) is 0 Å². The highest BCUT2D eigenvalue weighted by Crippen LogP contribution is 2.50. The third kappa shape index (κ3) is 6.60. The molecule has 1 fully saturated rings. The lowest BCUT2D eigenvalue weighted by Crippen LogP contribution is -2.54. The van der Waals surface area contributed by atoms with E-state index in [0.717, 1.165) is 58.8 Å². The number of nitro benzene ring substituents is 1. The summed E-state index contributed by atoms with van der Waals surface area (Å²) in [6.07, 6.45) is 3.19. The molecule has 0 aliphatic carbocycles. The fourth-order valence-electron chi connectivity index (χ4n) is 7.65. The summed E-state index contributed by atoms with van der Waals surface area (Å²) in [5.74, 6) is -1.09. The number of carbonyl (C=O) groups is 3. The van der Waals surface area contributed by atoms with Gasteiger partial charge in [0.25, 0.3) is 17.5 Å². The first-order valence-electron chi connectivity index (χ1n) is 17.3. The normalized spacial score (nSPS) is 18.8. The molecule has 5 aromatic rings. The van der Waals surface area contributed by atoms with E-state index in [4.69, 9.17) is 4.74 Å². The van der Waals surface area contributed by atoms with Crippen molar-refractivity contribution < 1.29 is 24.0 Å². The first-order valence-corrected chi connectivity index (χ1v) is 18.1. The molecule has 2 atom stereocenters. The second-order valence-electron chi connectivity index (χ2n) is 13.3. The zero-order valence-electron chi connectivity index (χ0n) is 28.4. The van der Waals surface area contributed by atoms with Crippen LogP contribution in [0.5, 0.6) is 5.75 Å². The van der Waals surface area contributed by atoms with Crippen molar-refractivity contribution in [3.63, 3.8) is 0 Å². The molecule has 3 heterocycles. The molecule has 11 heteroatoms. The monoisotopic (exact) mass is 768 g/mol. The van der Waals surface area contributed by atoms with Crippen LogP contribution in [0.3, 0.4) is 0 Å². The van der Waals surface area contributed by atoms with Crippen LogP contribution in [0.15, 0.2) is 125 Å². The summed E-state index contributed by atoms with van der Waals surface area (Å²) in [7, 11) is 0. The number of nitrogens with one attached hydrogen (secondary N) is 1. The fraction of sp³-hybridized carbons (Fsp3) is 0.167. The van der Waals surface area contributed by atoms with Crippen molar-refractivity contribution >= 4 is 56.9 Å². The molecule has 0 spiro atoms. The molecule has 0 radical (unpaired) electrons. The topological polar surface area (TPSA) is 122 Å². The summed E-state index contributed by atoms with van der Waals surface area (Å²) in [6.45, 7) is 1.87. The van der Waals surface area contributed by atoms with Crippen LogP contribution in [0.25, 0.3) is 6.08 Å². The molecule has 1 N–H and O–H groups in total. The van der Waals surface area contributed by atoms with E-state index in [1.54, 1.807) is 30.3 Å². The van der Waals surface area contributed by atoms with E-state index >= 15 is 0 Å². The van der Waals surface area contributed by atoms with Crippen LogP contribution in [0, 0.1) is 10.1 Å². The van der Waals surface area contributed by atoms with Crippen molar-refractivity contribution in [3.8, 4) is 5.75 Å². The van der Waals surface area contributed by atoms with Gasteiger partial charge in [0.05, 0.1) is 10.6 Å². The maximum Gasteiger partial charge on any atom is 0.335 e. The van der Waals surface area contributed by atoms with Gasteiger partial charge in [0.1, 0.15) is 17.9 Å². The van der Waals surface area contributed by atoms with Crippen LogP contribution in [0.4, 0.5) is 21.9 Å². The molecule has 3 aliphatic rings. The van der Waals surface area contributed by atoms with Gasteiger partial charge >= 0.3 is 6.03 Å². The molecule has 5 aromatic carbocycles. The van der Waals surface area contributed by atoms with Crippen molar-refractivity contribution in [3.05, 3.63) is 169 Å². The predicted octanol–water partition coefficient (Wildman–Crippen LogP) is 8.48. The Kier molecular flexibility index (Phi) is 9.09. The zero-order valence-corrected chi connectivity index (χ0v) is 30.0. The number of imide groups is 2. The number of rotatable bonds is 8. The number of amides is 4. The number of barbiturate groups is 1. The summed E-state index contributed by atoms with van der Waals surface area (Å²) >= 11 is 3.48. The van der Waals surface area contributed by atoms with Crippen molar-refractivity contribution in [2.75, 3.05) is 22.9 Å². The smallest absolute Gasteiger partial charge is 0.335 e. The van der Waals surface area contributed by atoms with E-state index in [-0.39, 0.29) is 29.7 Å². The van der Waals surface area contributed by atoms with Gasteiger partial charge in [0, 0.05) is 52.8 Å². The van der Waals surface area contributed by atoms with E-state index in [1.807, 2.05) is 48.5 Å². The number of hydrogen-bond acceptors (Lipinski definition) is 7. The molecule has 3 aliphatic heterocycles. The van der Waals surface area contributed by atoms with Gasteiger partial charge in [-0.15, -0.1) is 0 Å². The molecule has 10 nitrogen and oxygen atoms in total. The molecular weight excluding hydrogens is 736 g/mol. The Hall–Kier alpha value is -6.07. The summed E-state index contributed by atoms with van der Waals surface area (Å²) in [6, 6.07) is 34.8. The number of urea groups is 1. The predicted molar refractivity (Wildman–Crippen MR) is 205 cm³/mol. The van der Waals surface area contributed by atoms with Crippen LogP contribution in [-0.4, -0.2) is 35.9 Å². The molecule has 0 unspecified atom stereocenters. The minimum absolute atomic E-state index is 0.0320. The van der Waals surface area contributed by atoms with Crippen LogP contribution in [-0.2, 0) is 16.2 Å². The van der Waals surface area contributed by atoms with Gasteiger partial charge in [-0.05, 0) is 89.2 Å². The molecule has 0 bridgehead atoms. The van der Waals surface area contributed by atoms with Gasteiger partial charge in [0.2, 0.25) is 0 Å². The number of carbonyl (C=O) groups excluding carboxylic acids is 3. The Morgan fingerprint density at radius 2 is 1.42 bits per heavy atom. The number of ether oxygens (including phenoxy) is 1. The standard InChI is InChI=1S/C42H33BrN4O6/c43-30-13-16-38(53-25-26-11-14-31(15-12-26)47(51)52)29(21-30)22-37-40(48)44-42(50)46(41(37)49)32-23-35-33(27-7-3-1-4-8-27)17-19-45-20-18-34(36(24-32)39(35)45)28-9-5-2-6-10-28/h1-16,21-24,33-34H,17-20,25H2,(H,44,48,50)/b37-22+/t33-,34-/m1/s1. The SMILES string of the molecule is O=C1NC(=O)N(c2cc3c4c(c2)[C@@H](c2ccccc2)CCN4CC[C@@H]3c2ccccc2)C(=O)/C1=C/c1cc(Br)ccc1OCc1ccc([N+](=O)[O-])cc1. The molecular formula is C42H33BrN4O6. The van der Waals surface area contributed by atoms with E-state index < -0.39 is 22.8 Å². The summed E-state index contributed by atoms with van der Waals surface area (Å²) in [5, 5.41) is 13.5. The quantitative estimate of drug-likeness (QED) is 0.0727. The lowest BCUT2D eigenvalue weighted by atomic mass is 9.76. The minimum atomic E-state index is -0.816. The van der Waals surface area contributed by atoms with Crippen LogP contribution in [0.2, 0.25) is 0 Å². The minimum Gasteiger partial charge on any atom is -0.488 e. The molecule has 4 amide bonds. The Morgan fingerprint density at radius 3 is 2.00 bits per heavy atom. The maximum atomic E-state index is 14.4. The van der Waals surface area contributed by atoms with Gasteiger partial charge in [-0.1, -0.05) is 76.6 Å². The van der Waals surface area contributed by atoms with E-state index in [9.17, 15) is 24.5 Å². The van der Waals surface area contributed by atoms with Gasteiger partial charge < -0.3 is 9.64 Å². The average molecular weight is 770 g/mol. The van der Waals surface area contributed by atoms with Crippen molar-refractivity contribution in [1.82, 2.24) is 5.32 Å². The largest absolute Gasteiger partial charge is 0.488 e. The Balaban J connectivity index is 1.19. The Labute approximate surface area is 314 Å². The van der Waals surface area contributed by atoms with Crippen molar-refractivity contribution in [2.45, 2.75) is 31.3 Å². The highest BCUT2D eigenvalue weighted by Gasteiger charge is 2.40.